The number of hydrogen-bond donors (Lipinski definition) is 1. The van der Waals surface area contributed by atoms with Gasteiger partial charge >= 0.3 is 5.97 Å². The molecule has 0 aliphatic carbocycles. The minimum atomic E-state index is -0.894. The molecule has 0 spiro atoms. The number of carboxylic acids is 1. The molecule has 2 heterocycles. The minimum absolute atomic E-state index is 0.0800. The highest BCUT2D eigenvalue weighted by Crippen LogP contribution is 2.22. The van der Waals surface area contributed by atoms with E-state index in [0.717, 1.165) is 5.69 Å². The van der Waals surface area contributed by atoms with E-state index in [1.54, 1.807) is 11.6 Å². The number of carbonyl (C=O) groups is 1. The number of nitrogens with zero attached hydrogens (tertiary/aromatic N) is 4. The minimum Gasteiger partial charge on any atom is -0.481 e. The number of para-hydroxylation sites is 1. The first-order valence-electron chi connectivity index (χ1n) is 5.87. The van der Waals surface area contributed by atoms with Crippen LogP contribution in [0, 0.1) is 0 Å². The van der Waals surface area contributed by atoms with E-state index in [9.17, 15) is 4.79 Å². The molecule has 1 N–H and O–H groups in total. The van der Waals surface area contributed by atoms with Crippen LogP contribution in [-0.2, 0) is 11.2 Å². The highest BCUT2D eigenvalue weighted by Gasteiger charge is 2.11. The van der Waals surface area contributed by atoms with Crippen molar-refractivity contribution in [3.05, 3.63) is 47.6 Å². The fourth-order valence-corrected chi connectivity index (χ4v) is 2.48. The Balaban J connectivity index is 1.87. The quantitative estimate of drug-likeness (QED) is 0.793. The first-order valence-corrected chi connectivity index (χ1v) is 6.74. The molecule has 1 aromatic carbocycles. The molecule has 100 valence electrons. The van der Waals surface area contributed by atoms with E-state index in [4.69, 9.17) is 5.11 Å². The van der Waals surface area contributed by atoms with Gasteiger partial charge in [-0.1, -0.05) is 18.2 Å². The Kier molecular flexibility index (Phi) is 3.26. The molecule has 0 unspecified atom stereocenters. The van der Waals surface area contributed by atoms with Crippen molar-refractivity contribution in [2.24, 2.45) is 0 Å². The molecule has 0 radical (unpaired) electrons. The van der Waals surface area contributed by atoms with Gasteiger partial charge < -0.3 is 5.11 Å². The zero-order chi connectivity index (χ0) is 13.9. The first-order chi connectivity index (χ1) is 9.72. The summed E-state index contributed by atoms with van der Waals surface area (Å²) in [5.74, 6) is -0.894. The lowest BCUT2D eigenvalue weighted by Gasteiger charge is -1.96. The first kappa shape index (κ1) is 12.5. The molecular weight excluding hydrogens is 276 g/mol. The molecule has 20 heavy (non-hydrogen) atoms. The van der Waals surface area contributed by atoms with E-state index >= 15 is 0 Å². The fraction of sp³-hybridized carbons (Fsp3) is 0.0769. The maximum Gasteiger partial charge on any atom is 0.309 e. The Bertz CT molecular complexity index is 736. The molecule has 3 aromatic rings. The maximum atomic E-state index is 10.6. The van der Waals surface area contributed by atoms with Crippen LogP contribution in [0.3, 0.4) is 0 Å². The zero-order valence-corrected chi connectivity index (χ0v) is 11.1. The van der Waals surface area contributed by atoms with Crippen molar-refractivity contribution in [2.45, 2.75) is 6.42 Å². The average Bonchev–Trinajstić information content (AvgIpc) is 3.07. The third kappa shape index (κ3) is 2.57. The Labute approximate surface area is 118 Å². The Morgan fingerprint density at radius 2 is 2.10 bits per heavy atom. The highest BCUT2D eigenvalue weighted by atomic mass is 32.1. The van der Waals surface area contributed by atoms with E-state index in [1.165, 1.54) is 16.1 Å². The summed E-state index contributed by atoms with van der Waals surface area (Å²) in [7, 11) is 0. The number of benzene rings is 1. The van der Waals surface area contributed by atoms with Crippen molar-refractivity contribution < 1.29 is 9.90 Å². The lowest BCUT2D eigenvalue weighted by atomic mass is 10.3. The molecule has 3 rings (SSSR count). The predicted molar refractivity (Wildman–Crippen MR) is 73.8 cm³/mol. The van der Waals surface area contributed by atoms with Crippen molar-refractivity contribution >= 4 is 17.3 Å². The number of rotatable bonds is 4. The molecule has 0 amide bonds. The van der Waals surface area contributed by atoms with Crippen LogP contribution in [0.2, 0.25) is 0 Å². The highest BCUT2D eigenvalue weighted by molar-refractivity contribution is 7.13. The molecule has 0 aliphatic rings. The summed E-state index contributed by atoms with van der Waals surface area (Å²) in [6.07, 6.45) is 1.54. The molecule has 0 fully saturated rings. The van der Waals surface area contributed by atoms with Crippen LogP contribution < -0.4 is 0 Å². The number of carboxylic acid groups (broad SMARTS) is 1. The molecule has 0 aliphatic heterocycles. The van der Waals surface area contributed by atoms with E-state index < -0.39 is 5.97 Å². The topological polar surface area (TPSA) is 80.9 Å². The van der Waals surface area contributed by atoms with Gasteiger partial charge in [0.1, 0.15) is 10.7 Å². The maximum absolute atomic E-state index is 10.6. The summed E-state index contributed by atoms with van der Waals surface area (Å²) in [4.78, 5) is 16.4. The average molecular weight is 286 g/mol. The Morgan fingerprint density at radius 3 is 2.85 bits per heavy atom. The molecule has 0 saturated carbocycles. The molecule has 0 bridgehead atoms. The number of aliphatic carboxylic acids is 1. The lowest BCUT2D eigenvalue weighted by Crippen LogP contribution is -2.00. The smallest absolute Gasteiger partial charge is 0.309 e. The summed E-state index contributed by atoms with van der Waals surface area (Å²) in [6, 6.07) is 9.55. The van der Waals surface area contributed by atoms with Crippen molar-refractivity contribution in [2.75, 3.05) is 0 Å². The van der Waals surface area contributed by atoms with Crippen LogP contribution in [0.1, 0.15) is 5.69 Å². The number of hydrogen-bond acceptors (Lipinski definition) is 5. The second kappa shape index (κ2) is 5.22. The molecule has 7 heteroatoms. The second-order valence-electron chi connectivity index (χ2n) is 4.07. The van der Waals surface area contributed by atoms with Crippen molar-refractivity contribution in [3.63, 3.8) is 0 Å². The van der Waals surface area contributed by atoms with Gasteiger partial charge in [-0.25, -0.2) is 4.98 Å². The van der Waals surface area contributed by atoms with Crippen LogP contribution in [0.25, 0.3) is 16.4 Å². The lowest BCUT2D eigenvalue weighted by molar-refractivity contribution is -0.136. The van der Waals surface area contributed by atoms with E-state index in [1.807, 2.05) is 30.3 Å². The fourth-order valence-electron chi connectivity index (χ4n) is 1.71. The number of aromatic nitrogens is 4. The van der Waals surface area contributed by atoms with Gasteiger partial charge in [0.2, 0.25) is 0 Å². The standard InChI is InChI=1S/C13H10N4O2S/c18-12(19)6-9-8-20-13(15-9)11-7-14-17(16-11)10-4-2-1-3-5-10/h1-5,7-8H,6H2,(H,18,19). The van der Waals surface area contributed by atoms with E-state index in [0.29, 0.717) is 16.4 Å². The monoisotopic (exact) mass is 286 g/mol. The summed E-state index contributed by atoms with van der Waals surface area (Å²) in [6.45, 7) is 0. The Hall–Kier alpha value is -2.54. The molecular formula is C13H10N4O2S. The third-order valence-corrected chi connectivity index (χ3v) is 3.50. The number of thiazole rings is 1. The SMILES string of the molecule is O=C(O)Cc1csc(-c2cnn(-c3ccccc3)n2)n1. The van der Waals surface area contributed by atoms with Crippen molar-refractivity contribution in [1.82, 2.24) is 20.0 Å². The van der Waals surface area contributed by atoms with Gasteiger partial charge in [0.15, 0.2) is 0 Å². The summed E-state index contributed by atoms with van der Waals surface area (Å²) < 4.78 is 0. The summed E-state index contributed by atoms with van der Waals surface area (Å²) >= 11 is 1.36. The van der Waals surface area contributed by atoms with Crippen LogP contribution in [0.15, 0.2) is 41.9 Å². The summed E-state index contributed by atoms with van der Waals surface area (Å²) in [5.41, 5.74) is 2.03. The van der Waals surface area contributed by atoms with Gasteiger partial charge in [0, 0.05) is 5.38 Å². The van der Waals surface area contributed by atoms with Gasteiger partial charge in [-0.15, -0.1) is 16.4 Å². The Morgan fingerprint density at radius 1 is 1.30 bits per heavy atom. The second-order valence-corrected chi connectivity index (χ2v) is 4.93. The predicted octanol–water partition coefficient (Wildman–Crippen LogP) is 2.02. The van der Waals surface area contributed by atoms with Crippen LogP contribution in [0.4, 0.5) is 0 Å². The van der Waals surface area contributed by atoms with Gasteiger partial charge in [-0.05, 0) is 12.1 Å². The van der Waals surface area contributed by atoms with E-state index in [2.05, 4.69) is 15.2 Å². The molecule has 0 atom stereocenters. The normalized spacial score (nSPS) is 10.6. The van der Waals surface area contributed by atoms with Gasteiger partial charge in [0.05, 0.1) is 24.0 Å². The van der Waals surface area contributed by atoms with Gasteiger partial charge in [-0.2, -0.15) is 9.90 Å². The molecule has 0 saturated heterocycles. The third-order valence-electron chi connectivity index (χ3n) is 2.58. The van der Waals surface area contributed by atoms with Crippen LogP contribution >= 0.6 is 11.3 Å². The van der Waals surface area contributed by atoms with Crippen molar-refractivity contribution in [1.29, 1.82) is 0 Å². The molecule has 6 nitrogen and oxygen atoms in total. The van der Waals surface area contributed by atoms with Crippen LogP contribution in [0.5, 0.6) is 0 Å². The van der Waals surface area contributed by atoms with Gasteiger partial charge in [0.25, 0.3) is 0 Å². The van der Waals surface area contributed by atoms with E-state index in [-0.39, 0.29) is 6.42 Å². The van der Waals surface area contributed by atoms with Crippen molar-refractivity contribution in [3.8, 4) is 16.4 Å². The van der Waals surface area contributed by atoms with Gasteiger partial charge in [-0.3, -0.25) is 4.79 Å². The van der Waals surface area contributed by atoms with Crippen LogP contribution in [-0.4, -0.2) is 31.1 Å². The largest absolute Gasteiger partial charge is 0.481 e. The molecule has 2 aromatic heterocycles. The zero-order valence-electron chi connectivity index (χ0n) is 10.3. The summed E-state index contributed by atoms with van der Waals surface area (Å²) in [5, 5.41) is 19.7.